The summed E-state index contributed by atoms with van der Waals surface area (Å²) < 4.78 is 14.3. The van der Waals surface area contributed by atoms with Gasteiger partial charge in [0, 0.05) is 238 Å². The second-order valence-electron chi connectivity index (χ2n) is 40.7. The maximum Gasteiger partial charge on any atom is 0.286 e. The summed E-state index contributed by atoms with van der Waals surface area (Å²) in [6.45, 7) is 87.6. The quantitative estimate of drug-likeness (QED) is 0.0769. The smallest absolute Gasteiger partial charge is 0.286 e. The number of dihydropyridines is 1. The van der Waals surface area contributed by atoms with Gasteiger partial charge in [0.25, 0.3) is 6.33 Å². The van der Waals surface area contributed by atoms with Crippen LogP contribution < -0.4 is 19.9 Å². The minimum atomic E-state index is 0.190. The normalized spacial score (nSPS) is 18.7. The summed E-state index contributed by atoms with van der Waals surface area (Å²) in [7, 11) is 0. The number of hydrazine groups is 1. The van der Waals surface area contributed by atoms with Crippen LogP contribution >= 0.6 is 0 Å². The third kappa shape index (κ3) is 48.8. The minimum Gasteiger partial charge on any atom is -0.472 e. The molecule has 766 valence electrons. The van der Waals surface area contributed by atoms with E-state index in [0.29, 0.717) is 66.3 Å². The third-order valence-corrected chi connectivity index (χ3v) is 26.0. The summed E-state index contributed by atoms with van der Waals surface area (Å²) in [5.74, 6) is 0.591. The van der Waals surface area contributed by atoms with Gasteiger partial charge in [-0.05, 0) is 291 Å². The maximum absolute atomic E-state index is 5.21. The van der Waals surface area contributed by atoms with E-state index in [2.05, 4.69) is 356 Å². The average molecular weight is 1890 g/mol. The Hall–Kier alpha value is -8.09. The molecule has 0 saturated carbocycles. The van der Waals surface area contributed by atoms with E-state index in [1.165, 1.54) is 118 Å². The minimum absolute atomic E-state index is 0.190. The van der Waals surface area contributed by atoms with Crippen LogP contribution in [0.4, 0.5) is 0 Å². The molecule has 26 heteroatoms. The Morgan fingerprint density at radius 1 is 0.431 bits per heavy atom. The first-order chi connectivity index (χ1) is 65.6. The molecule has 12 aliphatic rings. The van der Waals surface area contributed by atoms with Crippen LogP contribution in [0.5, 0.6) is 0 Å². The zero-order valence-electron chi connectivity index (χ0n) is 91.0. The van der Waals surface area contributed by atoms with Crippen molar-refractivity contribution >= 4 is 24.5 Å². The Kier molecular flexibility index (Phi) is 60.1. The molecule has 1 atom stereocenters. The lowest BCUT2D eigenvalue weighted by molar-refractivity contribution is -0.719. The topological polar surface area (TPSA) is 204 Å². The van der Waals surface area contributed by atoms with E-state index >= 15 is 0 Å². The van der Waals surface area contributed by atoms with Gasteiger partial charge in [-0.1, -0.05) is 67.7 Å². The number of pyridine rings is 1. The van der Waals surface area contributed by atoms with E-state index < -0.39 is 0 Å². The predicted molar refractivity (Wildman–Crippen MR) is 576 cm³/mol. The summed E-state index contributed by atoms with van der Waals surface area (Å²) in [4.78, 5) is 61.8. The number of likely N-dealkylation sites (tertiary alicyclic amines) is 2. The highest BCUT2D eigenvalue weighted by Gasteiger charge is 2.30. The fourth-order valence-electron chi connectivity index (χ4n) is 16.2. The number of hydrogen-bond donors (Lipinski definition) is 2. The van der Waals surface area contributed by atoms with Crippen LogP contribution in [-0.2, 0) is 43.6 Å². The first-order valence-corrected chi connectivity index (χ1v) is 52.4. The van der Waals surface area contributed by atoms with Gasteiger partial charge in [0.1, 0.15) is 31.4 Å². The lowest BCUT2D eigenvalue weighted by atomic mass is 9.99. The van der Waals surface area contributed by atoms with Crippen molar-refractivity contribution in [1.29, 1.82) is 0 Å². The number of benzene rings is 1. The van der Waals surface area contributed by atoms with Gasteiger partial charge in [0.2, 0.25) is 0 Å². The molecule has 1 aromatic carbocycles. The Balaban J connectivity index is 0.000000261. The summed E-state index contributed by atoms with van der Waals surface area (Å²) in [5.41, 5.74) is 13.4. The van der Waals surface area contributed by atoms with Crippen molar-refractivity contribution in [1.82, 2.24) is 89.7 Å². The fourth-order valence-corrected chi connectivity index (χ4v) is 16.2. The molecule has 0 radical (unpaired) electrons. The number of furan rings is 1. The number of nitrogens with zero attached hydrogens (tertiary/aromatic N) is 22. The molecule has 1 unspecified atom stereocenters. The monoisotopic (exact) mass is 1890 g/mol. The van der Waals surface area contributed by atoms with E-state index in [9.17, 15) is 0 Å². The second-order valence-corrected chi connectivity index (χ2v) is 40.7. The molecule has 0 aliphatic carbocycles. The summed E-state index contributed by atoms with van der Waals surface area (Å²) in [5, 5.41) is 5.31. The van der Waals surface area contributed by atoms with Crippen molar-refractivity contribution in [3.05, 3.63) is 199 Å². The van der Waals surface area contributed by atoms with Gasteiger partial charge in [-0.15, -0.1) is 0 Å². The number of piperazine rings is 1. The lowest BCUT2D eigenvalue weighted by Gasteiger charge is -2.31. The van der Waals surface area contributed by atoms with E-state index in [1.807, 2.05) is 91.0 Å². The van der Waals surface area contributed by atoms with Crippen LogP contribution in [0, 0.1) is 0 Å². The first-order valence-electron chi connectivity index (χ1n) is 52.4. The average Bonchev–Trinajstić information content (AvgIpc) is 1.58. The standard InChI is InChI=1S/C12H17N.2C10H15N3.C9H13N3.C8H17N.C8H12N.C7H16N2.C7H11N2.C7H15NO.C7H15N.C7H13N.C7H10O.C6H11N3.C6H12N2/c1-10(2)13-8-7-11-5-3-4-6-12(11)9-13;1-8(2)13-4-3-10-9(6-13)5-11-7-12-10;1-8(2)13-4-3-9-5-11-7-12-10(9)6-13;1-7(2)12-6-11-8-4-3-5-10-9(8)12;2*1-8(2)9-6-4-3-5-7-9;1-7(2)9-5-3-8-4-6-9;1-7(2)9-5-3-4-8-6-9;1-7(2)8-3-5-9-6-4-8;2*1-7(2)8-5-3-4-6-8;1-6(2)7-3-4-8-5-7;1-6(2)9-4-3-7-5-8-9;1-6(2)8-4-3-7-5-8/h3-6,10H,7-9H2,1-2H3;2*5,7-8H,3-4,6H2,1-2H3;3-5,7,9H,6H2,1-2H3;8H,3-7H2,1-2H3;3-8H,1-2H3;7-8H,3-6H2,1-2H3;3-7H,1-2H3;7H,3-6H2,1-2H3;7H,3-6H2,1-2H3;3-4,7H,5-6H2,1-2H3;3-6H,1-2H3;3-6H,1-2H3,(H,7,8);3,6H,4-5H2,1-2H3/q;;;;;+1;;+1;;;;;;. The molecule has 5 aromatic heterocycles. The van der Waals surface area contributed by atoms with E-state index in [4.69, 9.17) is 9.15 Å². The van der Waals surface area contributed by atoms with Crippen LogP contribution in [0.25, 0.3) is 0 Å². The number of nitrogens with one attached hydrogen (secondary N) is 2. The molecule has 12 aliphatic heterocycles. The van der Waals surface area contributed by atoms with Crippen molar-refractivity contribution in [2.24, 2.45) is 20.0 Å². The summed E-state index contributed by atoms with van der Waals surface area (Å²) in [6, 6.07) is 27.1. The van der Waals surface area contributed by atoms with Crippen LogP contribution in [0.3, 0.4) is 0 Å². The number of allylic oxidation sites excluding steroid dienone is 1. The third-order valence-electron chi connectivity index (χ3n) is 26.0. The Morgan fingerprint density at radius 3 is 1.37 bits per heavy atom. The van der Waals surface area contributed by atoms with Crippen molar-refractivity contribution < 1.29 is 18.3 Å². The molecule has 6 aromatic rings. The van der Waals surface area contributed by atoms with Crippen LogP contribution in [0.15, 0.2) is 184 Å². The van der Waals surface area contributed by atoms with E-state index in [1.54, 1.807) is 49.5 Å². The molecule has 26 nitrogen and oxygen atoms in total. The van der Waals surface area contributed by atoms with Crippen molar-refractivity contribution in [2.75, 3.05) is 131 Å². The number of hydrogen-bond acceptors (Lipinski definition) is 24. The number of fused-ring (bicyclic) bond motifs is 4. The van der Waals surface area contributed by atoms with Crippen LogP contribution in [-0.4, -0.2) is 307 Å². The van der Waals surface area contributed by atoms with Crippen molar-refractivity contribution in [3.8, 4) is 0 Å². The number of piperidine rings is 1. The Labute approximate surface area is 833 Å². The highest BCUT2D eigenvalue weighted by atomic mass is 16.5. The van der Waals surface area contributed by atoms with E-state index in [0.717, 1.165) is 142 Å². The van der Waals surface area contributed by atoms with Crippen LogP contribution in [0.1, 0.15) is 283 Å². The Bertz CT molecular complexity index is 3940. The molecular formula is C111H192N24O2+2. The molecule has 18 rings (SSSR count). The van der Waals surface area contributed by atoms with Gasteiger partial charge in [0.05, 0.1) is 62.7 Å². The number of rotatable bonds is 14. The zero-order chi connectivity index (χ0) is 100. The van der Waals surface area contributed by atoms with Crippen LogP contribution in [0.2, 0.25) is 0 Å². The highest BCUT2D eigenvalue weighted by Crippen LogP contribution is 2.23. The number of aliphatic imine (C=N–C) groups is 4. The maximum atomic E-state index is 5.21. The molecule has 17 heterocycles. The lowest BCUT2D eigenvalue weighted by Crippen LogP contribution is -2.46. The number of ether oxygens (including phenoxy) is 1. The van der Waals surface area contributed by atoms with Gasteiger partial charge in [-0.2, -0.15) is 0 Å². The second kappa shape index (κ2) is 68.9. The molecule has 2 N–H and O–H groups in total. The molecule has 4 saturated heterocycles. The predicted octanol–water partition coefficient (Wildman–Crippen LogP) is 18.0. The van der Waals surface area contributed by atoms with Gasteiger partial charge in [-0.3, -0.25) is 64.6 Å². The fraction of sp³-hybridized carbons (Fsp3) is 0.667. The molecule has 4 fully saturated rings. The molecule has 0 amide bonds. The highest BCUT2D eigenvalue weighted by molar-refractivity contribution is 6.05. The van der Waals surface area contributed by atoms with Gasteiger partial charge < -0.3 is 24.3 Å². The van der Waals surface area contributed by atoms with Gasteiger partial charge >= 0.3 is 0 Å². The molecule has 0 bridgehead atoms. The molecular weight excluding hydrogens is 1700 g/mol. The van der Waals surface area contributed by atoms with Crippen molar-refractivity contribution in [3.63, 3.8) is 0 Å². The number of aromatic nitrogens is 7. The van der Waals surface area contributed by atoms with E-state index in [-0.39, 0.29) is 6.17 Å². The summed E-state index contributed by atoms with van der Waals surface area (Å²) >= 11 is 0. The van der Waals surface area contributed by atoms with Crippen molar-refractivity contribution in [2.45, 2.75) is 355 Å². The van der Waals surface area contributed by atoms with Gasteiger partial charge in [0.15, 0.2) is 18.4 Å². The molecule has 0 spiro atoms. The first kappa shape index (κ1) is 119. The van der Waals surface area contributed by atoms with Gasteiger partial charge in [-0.25, -0.2) is 34.1 Å². The zero-order valence-corrected chi connectivity index (χ0v) is 91.0. The SMILES string of the molecule is CC(C)N1C=CN=CN1.CC(C)N1CC=CC1.CC(C)N1CC=NC1.CC(C)N1CCCC1.CC(C)N1CCCCC1.CC(C)N1CCNCC1.CC(C)N1CCOCC1.CC(C)N1CCc2ccccc2C1.CC(C)N1CCc2cncnc2C1.CC(C)N1CCc2ncncc2C1.CC(C)N1CN=C2C=CC=NC21.CC(C)[n+]1ccccc1.CC(C)[n+]1cccnc1.CC(C)c1ccoc1. The Morgan fingerprint density at radius 2 is 0.942 bits per heavy atom. The largest absolute Gasteiger partial charge is 0.472 e. The molecule has 137 heavy (non-hydrogen) atoms. The number of morpholine rings is 1. The summed E-state index contributed by atoms with van der Waals surface area (Å²) in [6.07, 6.45) is 48.7.